The molecule has 2 aromatic rings. The predicted molar refractivity (Wildman–Crippen MR) is 80.7 cm³/mol. The number of hydrogen-bond acceptors (Lipinski definition) is 4. The van der Waals surface area contributed by atoms with Crippen molar-refractivity contribution in [1.29, 1.82) is 0 Å². The molecule has 4 nitrogen and oxygen atoms in total. The number of aromatic nitrogens is 2. The van der Waals surface area contributed by atoms with Crippen LogP contribution >= 0.6 is 23.2 Å². The second-order valence-corrected chi connectivity index (χ2v) is 5.74. The number of nitrogens with zero attached hydrogens (tertiary/aromatic N) is 3. The molecule has 0 fully saturated rings. The Morgan fingerprint density at radius 1 is 1.30 bits per heavy atom. The van der Waals surface area contributed by atoms with Gasteiger partial charge < -0.3 is 5.73 Å². The maximum atomic E-state index is 6.21. The van der Waals surface area contributed by atoms with Crippen LogP contribution in [0.15, 0.2) is 24.4 Å². The van der Waals surface area contributed by atoms with Crippen molar-refractivity contribution in [1.82, 2.24) is 14.9 Å². The zero-order valence-corrected chi connectivity index (χ0v) is 12.3. The Hall–Kier alpha value is -1.36. The molecule has 20 heavy (non-hydrogen) atoms. The van der Waals surface area contributed by atoms with E-state index in [1.54, 1.807) is 6.07 Å². The van der Waals surface area contributed by atoms with Crippen molar-refractivity contribution in [2.75, 3.05) is 12.3 Å². The molecule has 2 heterocycles. The predicted octanol–water partition coefficient (Wildman–Crippen LogP) is 2.92. The fourth-order valence-corrected chi connectivity index (χ4v) is 2.80. The molecule has 0 atom stereocenters. The van der Waals surface area contributed by atoms with Crippen molar-refractivity contribution < 1.29 is 0 Å². The number of benzene rings is 1. The number of halogens is 2. The molecular formula is C14H14Cl2N4. The maximum Gasteiger partial charge on any atom is 0.220 e. The van der Waals surface area contributed by atoms with Gasteiger partial charge in [-0.3, -0.25) is 4.90 Å². The zero-order valence-electron chi connectivity index (χ0n) is 10.8. The quantitative estimate of drug-likeness (QED) is 0.927. The Morgan fingerprint density at radius 3 is 3.00 bits per heavy atom. The van der Waals surface area contributed by atoms with Crippen molar-refractivity contribution in [2.45, 2.75) is 19.5 Å². The molecule has 2 N–H and O–H groups in total. The number of nitrogens with two attached hydrogens (primary N) is 1. The first kappa shape index (κ1) is 13.6. The Kier molecular flexibility index (Phi) is 3.78. The Bertz CT molecular complexity index is 645. The molecule has 0 unspecified atom stereocenters. The number of nitrogen functional groups attached to an aromatic ring is 1. The number of hydrogen-bond donors (Lipinski definition) is 1. The van der Waals surface area contributed by atoms with Gasteiger partial charge in [0.15, 0.2) is 0 Å². The molecule has 6 heteroatoms. The van der Waals surface area contributed by atoms with Gasteiger partial charge in [-0.15, -0.1) is 0 Å². The number of fused-ring (bicyclic) bond motifs is 1. The van der Waals surface area contributed by atoms with Gasteiger partial charge in [0.1, 0.15) is 0 Å². The topological polar surface area (TPSA) is 55.0 Å². The van der Waals surface area contributed by atoms with Crippen LogP contribution in [-0.2, 0) is 19.5 Å². The van der Waals surface area contributed by atoms with Crippen LogP contribution in [-0.4, -0.2) is 21.4 Å². The van der Waals surface area contributed by atoms with E-state index in [-0.39, 0.29) is 0 Å². The lowest BCUT2D eigenvalue weighted by Gasteiger charge is -2.28. The Balaban J connectivity index is 1.77. The average Bonchev–Trinajstić information content (AvgIpc) is 2.43. The molecule has 1 aliphatic heterocycles. The summed E-state index contributed by atoms with van der Waals surface area (Å²) in [7, 11) is 0. The lowest BCUT2D eigenvalue weighted by molar-refractivity contribution is 0.243. The lowest BCUT2D eigenvalue weighted by atomic mass is 10.1. The van der Waals surface area contributed by atoms with Gasteiger partial charge in [-0.05, 0) is 23.8 Å². The first-order valence-electron chi connectivity index (χ1n) is 6.38. The van der Waals surface area contributed by atoms with Gasteiger partial charge in [0.25, 0.3) is 0 Å². The fraction of sp³-hybridized carbons (Fsp3) is 0.286. The molecule has 1 aromatic heterocycles. The molecule has 104 valence electrons. The van der Waals surface area contributed by atoms with Gasteiger partial charge in [-0.1, -0.05) is 23.2 Å². The van der Waals surface area contributed by atoms with E-state index in [2.05, 4.69) is 14.9 Å². The van der Waals surface area contributed by atoms with Crippen LogP contribution in [0, 0.1) is 0 Å². The van der Waals surface area contributed by atoms with Crippen LogP contribution in [0.25, 0.3) is 0 Å². The summed E-state index contributed by atoms with van der Waals surface area (Å²) in [5.41, 5.74) is 8.82. The third-order valence-corrected chi connectivity index (χ3v) is 4.04. The molecule has 0 amide bonds. The summed E-state index contributed by atoms with van der Waals surface area (Å²) >= 11 is 12.2. The third-order valence-electron chi connectivity index (χ3n) is 3.43. The van der Waals surface area contributed by atoms with Crippen molar-refractivity contribution in [2.24, 2.45) is 0 Å². The molecule has 0 spiro atoms. The summed E-state index contributed by atoms with van der Waals surface area (Å²) in [4.78, 5) is 10.6. The van der Waals surface area contributed by atoms with Gasteiger partial charge in [0.05, 0.1) is 5.69 Å². The largest absolute Gasteiger partial charge is 0.368 e. The SMILES string of the molecule is Nc1ncc2c(n1)CCN(Cc1cc(Cl)ccc1Cl)C2. The van der Waals surface area contributed by atoms with Crippen LogP contribution in [0.1, 0.15) is 16.8 Å². The first-order valence-corrected chi connectivity index (χ1v) is 7.14. The Morgan fingerprint density at radius 2 is 2.15 bits per heavy atom. The van der Waals surface area contributed by atoms with E-state index in [0.29, 0.717) is 11.0 Å². The maximum absolute atomic E-state index is 6.21. The van der Waals surface area contributed by atoms with Crippen LogP contribution in [0.3, 0.4) is 0 Å². The smallest absolute Gasteiger partial charge is 0.220 e. The van der Waals surface area contributed by atoms with E-state index in [0.717, 1.165) is 47.9 Å². The average molecular weight is 309 g/mol. The molecule has 0 aliphatic carbocycles. The van der Waals surface area contributed by atoms with Gasteiger partial charge in [-0.25, -0.2) is 9.97 Å². The minimum atomic E-state index is 0.343. The monoisotopic (exact) mass is 308 g/mol. The summed E-state index contributed by atoms with van der Waals surface area (Å²) in [6.45, 7) is 2.49. The summed E-state index contributed by atoms with van der Waals surface area (Å²) < 4.78 is 0. The second kappa shape index (κ2) is 5.56. The van der Waals surface area contributed by atoms with E-state index >= 15 is 0 Å². The van der Waals surface area contributed by atoms with Gasteiger partial charge in [0, 0.05) is 47.9 Å². The summed E-state index contributed by atoms with van der Waals surface area (Å²) in [6.07, 6.45) is 2.68. The van der Waals surface area contributed by atoms with Crippen LogP contribution in [0.5, 0.6) is 0 Å². The Labute approximate surface area is 127 Å². The highest BCUT2D eigenvalue weighted by Gasteiger charge is 2.19. The normalized spacial score (nSPS) is 15.1. The minimum absolute atomic E-state index is 0.343. The van der Waals surface area contributed by atoms with E-state index < -0.39 is 0 Å². The zero-order chi connectivity index (χ0) is 14.1. The third kappa shape index (κ3) is 2.87. The van der Waals surface area contributed by atoms with Crippen LogP contribution in [0.2, 0.25) is 10.0 Å². The number of anilines is 1. The van der Waals surface area contributed by atoms with E-state index in [9.17, 15) is 0 Å². The molecule has 0 saturated heterocycles. The minimum Gasteiger partial charge on any atom is -0.368 e. The molecule has 0 radical (unpaired) electrons. The standard InChI is InChI=1S/C14H14Cl2N4/c15-11-1-2-12(16)9(5-11)7-20-4-3-13-10(8-20)6-18-14(17)19-13/h1-2,5-6H,3-4,7-8H2,(H2,17,18,19). The van der Waals surface area contributed by atoms with Crippen molar-refractivity contribution in [3.8, 4) is 0 Å². The summed E-state index contributed by atoms with van der Waals surface area (Å²) in [6, 6.07) is 5.55. The van der Waals surface area contributed by atoms with E-state index in [1.165, 1.54) is 0 Å². The van der Waals surface area contributed by atoms with Crippen LogP contribution < -0.4 is 5.73 Å². The highest BCUT2D eigenvalue weighted by atomic mass is 35.5. The van der Waals surface area contributed by atoms with Gasteiger partial charge >= 0.3 is 0 Å². The van der Waals surface area contributed by atoms with Crippen molar-refractivity contribution in [3.63, 3.8) is 0 Å². The molecule has 0 bridgehead atoms. The molecule has 1 aromatic carbocycles. The fourth-order valence-electron chi connectivity index (χ4n) is 2.43. The molecule has 3 rings (SSSR count). The summed E-state index contributed by atoms with van der Waals surface area (Å²) in [5, 5.41) is 1.45. The number of rotatable bonds is 2. The molecule has 0 saturated carbocycles. The highest BCUT2D eigenvalue weighted by molar-refractivity contribution is 6.33. The van der Waals surface area contributed by atoms with E-state index in [1.807, 2.05) is 18.3 Å². The molecule has 1 aliphatic rings. The summed E-state index contributed by atoms with van der Waals surface area (Å²) in [5.74, 6) is 0.343. The van der Waals surface area contributed by atoms with Crippen molar-refractivity contribution >= 4 is 29.2 Å². The van der Waals surface area contributed by atoms with Gasteiger partial charge in [0.2, 0.25) is 5.95 Å². The van der Waals surface area contributed by atoms with Gasteiger partial charge in [-0.2, -0.15) is 0 Å². The lowest BCUT2D eigenvalue weighted by Crippen LogP contribution is -2.31. The van der Waals surface area contributed by atoms with E-state index in [4.69, 9.17) is 28.9 Å². The molecular weight excluding hydrogens is 295 g/mol. The second-order valence-electron chi connectivity index (χ2n) is 4.90. The van der Waals surface area contributed by atoms with Crippen LogP contribution in [0.4, 0.5) is 5.95 Å². The first-order chi connectivity index (χ1) is 9.61. The highest BCUT2D eigenvalue weighted by Crippen LogP contribution is 2.24. The van der Waals surface area contributed by atoms with Crippen molar-refractivity contribution in [3.05, 3.63) is 51.3 Å².